The zero-order valence-corrected chi connectivity index (χ0v) is 21.5. The zero-order chi connectivity index (χ0) is 26.2. The minimum Gasteiger partial charge on any atom is -0.455 e. The van der Waals surface area contributed by atoms with E-state index in [-0.39, 0.29) is 18.6 Å². The van der Waals surface area contributed by atoms with Gasteiger partial charge in [0, 0.05) is 23.3 Å². The van der Waals surface area contributed by atoms with Crippen molar-refractivity contribution in [3.8, 4) is 11.5 Å². The topological polar surface area (TPSA) is 98.3 Å². The Bertz CT molecular complexity index is 1400. The summed E-state index contributed by atoms with van der Waals surface area (Å²) in [5.41, 5.74) is 4.62. The quantitative estimate of drug-likeness (QED) is 0.289. The molecule has 190 valence electrons. The fourth-order valence-corrected chi connectivity index (χ4v) is 3.56. The number of carbonyl (C=O) groups is 1. The van der Waals surface area contributed by atoms with Gasteiger partial charge < -0.3 is 20.1 Å². The molecule has 2 aromatic carbocycles. The van der Waals surface area contributed by atoms with Gasteiger partial charge in [-0.25, -0.2) is 9.97 Å². The van der Waals surface area contributed by atoms with Gasteiger partial charge in [-0.05, 0) is 81.3 Å². The van der Waals surface area contributed by atoms with Crippen molar-refractivity contribution >= 4 is 34.4 Å². The fourth-order valence-electron chi connectivity index (χ4n) is 3.56. The standard InChI is InChI=1S/C29H31N5O3/c1-19(2)36-17-28(35)30-13-5-6-22-8-11-26-25(15-22)29(33-18-32-26)34-23-9-12-27(20(3)14-23)37-24-10-7-21(4)31-16-24/h5-12,14-16,18-19H,13,17H2,1-4H3,(H,30,35)(H,32,33,34)/b6-5+. The van der Waals surface area contributed by atoms with E-state index in [2.05, 4.69) is 25.6 Å². The Hall–Kier alpha value is -4.30. The number of hydrogen-bond donors (Lipinski definition) is 2. The maximum Gasteiger partial charge on any atom is 0.246 e. The van der Waals surface area contributed by atoms with Crippen LogP contribution in [0.1, 0.15) is 30.7 Å². The van der Waals surface area contributed by atoms with Gasteiger partial charge in [0.25, 0.3) is 0 Å². The smallest absolute Gasteiger partial charge is 0.246 e. The molecule has 2 aromatic heterocycles. The van der Waals surface area contributed by atoms with E-state index in [0.717, 1.165) is 39.2 Å². The van der Waals surface area contributed by atoms with Crippen LogP contribution in [0.4, 0.5) is 11.5 Å². The minimum absolute atomic E-state index is 0.0234. The molecule has 0 bridgehead atoms. The number of hydrogen-bond acceptors (Lipinski definition) is 7. The summed E-state index contributed by atoms with van der Waals surface area (Å²) < 4.78 is 11.3. The molecule has 0 atom stereocenters. The SMILES string of the molecule is Cc1ccc(Oc2ccc(Nc3ncnc4ccc(/C=C/CNC(=O)COC(C)C)cc34)cc2C)cn1. The molecule has 0 spiro atoms. The van der Waals surface area contributed by atoms with E-state index in [4.69, 9.17) is 9.47 Å². The number of benzene rings is 2. The van der Waals surface area contributed by atoms with Crippen LogP contribution in [-0.4, -0.2) is 40.1 Å². The van der Waals surface area contributed by atoms with Crippen molar-refractivity contribution in [2.24, 2.45) is 0 Å². The molecule has 8 nitrogen and oxygen atoms in total. The van der Waals surface area contributed by atoms with E-state index < -0.39 is 0 Å². The molecule has 8 heteroatoms. The number of aryl methyl sites for hydroxylation is 2. The lowest BCUT2D eigenvalue weighted by atomic mass is 10.1. The van der Waals surface area contributed by atoms with Crippen LogP contribution in [0.3, 0.4) is 0 Å². The molecule has 0 unspecified atom stereocenters. The van der Waals surface area contributed by atoms with Gasteiger partial charge in [0.2, 0.25) is 5.91 Å². The Morgan fingerprint density at radius 3 is 2.65 bits per heavy atom. The largest absolute Gasteiger partial charge is 0.455 e. The summed E-state index contributed by atoms with van der Waals surface area (Å²) in [5.74, 6) is 2.02. The van der Waals surface area contributed by atoms with Crippen LogP contribution in [0.15, 0.2) is 67.1 Å². The lowest BCUT2D eigenvalue weighted by Crippen LogP contribution is -2.28. The lowest BCUT2D eigenvalue weighted by Gasteiger charge is -2.12. The van der Waals surface area contributed by atoms with Crippen LogP contribution in [-0.2, 0) is 9.53 Å². The monoisotopic (exact) mass is 497 g/mol. The molecule has 0 saturated heterocycles. The third kappa shape index (κ3) is 7.35. The van der Waals surface area contributed by atoms with Gasteiger partial charge in [0.15, 0.2) is 0 Å². The first-order valence-electron chi connectivity index (χ1n) is 12.1. The van der Waals surface area contributed by atoms with Crippen molar-refractivity contribution in [3.05, 3.63) is 84.0 Å². The molecule has 2 heterocycles. The maximum absolute atomic E-state index is 11.8. The third-order valence-electron chi connectivity index (χ3n) is 5.48. The molecule has 37 heavy (non-hydrogen) atoms. The predicted molar refractivity (Wildman–Crippen MR) is 146 cm³/mol. The maximum atomic E-state index is 11.8. The van der Waals surface area contributed by atoms with Gasteiger partial charge in [-0.15, -0.1) is 0 Å². The Morgan fingerprint density at radius 1 is 1.03 bits per heavy atom. The van der Waals surface area contributed by atoms with Crippen LogP contribution in [0.2, 0.25) is 0 Å². The van der Waals surface area contributed by atoms with E-state index >= 15 is 0 Å². The van der Waals surface area contributed by atoms with Gasteiger partial charge >= 0.3 is 0 Å². The third-order valence-corrected chi connectivity index (χ3v) is 5.48. The second-order valence-corrected chi connectivity index (χ2v) is 8.91. The highest BCUT2D eigenvalue weighted by Gasteiger charge is 2.08. The lowest BCUT2D eigenvalue weighted by molar-refractivity contribution is -0.126. The van der Waals surface area contributed by atoms with Gasteiger partial charge in [-0.2, -0.15) is 0 Å². The number of rotatable bonds is 10. The van der Waals surface area contributed by atoms with Crippen LogP contribution >= 0.6 is 0 Å². The second-order valence-electron chi connectivity index (χ2n) is 8.91. The van der Waals surface area contributed by atoms with Crippen LogP contribution in [0, 0.1) is 13.8 Å². The molecule has 0 aliphatic rings. The predicted octanol–water partition coefficient (Wildman–Crippen LogP) is 5.73. The van der Waals surface area contributed by atoms with Gasteiger partial charge in [0.05, 0.1) is 17.8 Å². The first kappa shape index (κ1) is 25.8. The number of aromatic nitrogens is 3. The molecule has 0 aliphatic carbocycles. The van der Waals surface area contributed by atoms with Crippen LogP contribution in [0.5, 0.6) is 11.5 Å². The molecule has 0 saturated carbocycles. The van der Waals surface area contributed by atoms with Gasteiger partial charge in [0.1, 0.15) is 30.3 Å². The summed E-state index contributed by atoms with van der Waals surface area (Å²) in [4.78, 5) is 24.9. The molecule has 1 amide bonds. The van der Waals surface area contributed by atoms with Gasteiger partial charge in [-0.3, -0.25) is 9.78 Å². The highest BCUT2D eigenvalue weighted by Crippen LogP contribution is 2.30. The van der Waals surface area contributed by atoms with Crippen molar-refractivity contribution in [1.29, 1.82) is 0 Å². The van der Waals surface area contributed by atoms with Crippen molar-refractivity contribution in [2.75, 3.05) is 18.5 Å². The summed E-state index contributed by atoms with van der Waals surface area (Å²) in [7, 11) is 0. The first-order valence-corrected chi connectivity index (χ1v) is 12.1. The van der Waals surface area contributed by atoms with Crippen molar-refractivity contribution in [3.63, 3.8) is 0 Å². The molecule has 2 N–H and O–H groups in total. The number of pyridine rings is 1. The summed E-state index contributed by atoms with van der Waals surface area (Å²) in [6.07, 6.45) is 7.14. The highest BCUT2D eigenvalue weighted by molar-refractivity contribution is 5.92. The molecule has 0 fully saturated rings. The normalized spacial score (nSPS) is 11.3. The number of carbonyl (C=O) groups excluding carboxylic acids is 1. The second kappa shape index (κ2) is 12.1. The number of anilines is 2. The average molecular weight is 498 g/mol. The highest BCUT2D eigenvalue weighted by atomic mass is 16.5. The molecule has 0 aliphatic heterocycles. The number of ether oxygens (including phenoxy) is 2. The van der Waals surface area contributed by atoms with E-state index in [1.54, 1.807) is 12.5 Å². The number of fused-ring (bicyclic) bond motifs is 1. The van der Waals surface area contributed by atoms with E-state index in [1.807, 2.05) is 88.4 Å². The molecule has 0 radical (unpaired) electrons. The fraction of sp³-hybridized carbons (Fsp3) is 0.241. The Kier molecular flexibility index (Phi) is 8.43. The molecule has 4 aromatic rings. The molecular weight excluding hydrogens is 466 g/mol. The van der Waals surface area contributed by atoms with Crippen molar-refractivity contribution < 1.29 is 14.3 Å². The molecular formula is C29H31N5O3. The molecule has 4 rings (SSSR count). The first-order chi connectivity index (χ1) is 17.9. The number of amides is 1. The van der Waals surface area contributed by atoms with Crippen LogP contribution in [0.25, 0.3) is 17.0 Å². The van der Waals surface area contributed by atoms with Crippen LogP contribution < -0.4 is 15.4 Å². The summed E-state index contributed by atoms with van der Waals surface area (Å²) in [5, 5.41) is 7.11. The number of nitrogens with one attached hydrogen (secondary N) is 2. The Morgan fingerprint density at radius 2 is 1.89 bits per heavy atom. The summed E-state index contributed by atoms with van der Waals surface area (Å²) in [6.45, 7) is 8.21. The van der Waals surface area contributed by atoms with Gasteiger partial charge in [-0.1, -0.05) is 18.2 Å². The van der Waals surface area contributed by atoms with E-state index in [1.165, 1.54) is 0 Å². The Balaban J connectivity index is 1.44. The summed E-state index contributed by atoms with van der Waals surface area (Å²) >= 11 is 0. The number of nitrogens with zero attached hydrogens (tertiary/aromatic N) is 3. The van der Waals surface area contributed by atoms with E-state index in [0.29, 0.717) is 18.1 Å². The van der Waals surface area contributed by atoms with E-state index in [9.17, 15) is 4.79 Å². The zero-order valence-electron chi connectivity index (χ0n) is 21.5. The average Bonchev–Trinajstić information content (AvgIpc) is 2.88. The Labute approximate surface area is 216 Å². The van der Waals surface area contributed by atoms with Crippen molar-refractivity contribution in [1.82, 2.24) is 20.3 Å². The minimum atomic E-state index is -0.140. The van der Waals surface area contributed by atoms with Crippen molar-refractivity contribution in [2.45, 2.75) is 33.8 Å². The summed E-state index contributed by atoms with van der Waals surface area (Å²) in [6, 6.07) is 15.7.